The van der Waals surface area contributed by atoms with E-state index in [0.717, 1.165) is 84.3 Å². The van der Waals surface area contributed by atoms with Crippen LogP contribution in [0.1, 0.15) is 96.5 Å². The van der Waals surface area contributed by atoms with E-state index in [9.17, 15) is 19.8 Å². The molecule has 4 fully saturated rings. The van der Waals surface area contributed by atoms with Gasteiger partial charge >= 0.3 is 5.97 Å². The number of thiazole rings is 1. The molecule has 1 aliphatic heterocycles. The number of nitrogens with one attached hydrogen (secondary N) is 2. The highest BCUT2D eigenvalue weighted by atomic mass is 32.1. The van der Waals surface area contributed by atoms with Gasteiger partial charge in [0.2, 0.25) is 0 Å². The third-order valence-corrected chi connectivity index (χ3v) is 14.8. The largest absolute Gasteiger partial charge is 0.476 e. The Kier molecular flexibility index (Phi) is 10.8. The summed E-state index contributed by atoms with van der Waals surface area (Å²) in [6.07, 6.45) is 9.29. The van der Waals surface area contributed by atoms with Gasteiger partial charge in [0.05, 0.1) is 28.6 Å². The molecule has 4 bridgehead atoms. The van der Waals surface area contributed by atoms with Crippen molar-refractivity contribution in [3.63, 3.8) is 0 Å². The smallest absolute Gasteiger partial charge is 0.355 e. The summed E-state index contributed by atoms with van der Waals surface area (Å²) in [4.78, 5) is 39.8. The van der Waals surface area contributed by atoms with Gasteiger partial charge in [-0.15, -0.1) is 0 Å². The molecule has 3 unspecified atom stereocenters. The van der Waals surface area contributed by atoms with Crippen LogP contribution in [0.4, 0.5) is 10.9 Å². The van der Waals surface area contributed by atoms with E-state index in [2.05, 4.69) is 45.1 Å². The van der Waals surface area contributed by atoms with E-state index < -0.39 is 12.2 Å². The summed E-state index contributed by atoms with van der Waals surface area (Å²) in [5, 5.41) is 32.7. The van der Waals surface area contributed by atoms with Crippen LogP contribution in [0.15, 0.2) is 60.8 Å². The Hall–Kier alpha value is -4.73. The maximum Gasteiger partial charge on any atom is 0.355 e. The summed E-state index contributed by atoms with van der Waals surface area (Å²) < 4.78 is 10.0. The fraction of sp³-hybridized carbons (Fsp3) is 0.511. The Labute approximate surface area is 361 Å². The molecule has 0 spiro atoms. The third-order valence-electron chi connectivity index (χ3n) is 13.8. The van der Waals surface area contributed by atoms with Crippen LogP contribution in [-0.4, -0.2) is 98.9 Å². The van der Waals surface area contributed by atoms with Crippen LogP contribution in [-0.2, 0) is 24.2 Å². The first-order valence-corrected chi connectivity index (χ1v) is 22.4. The maximum atomic E-state index is 13.7. The Bertz CT molecular complexity index is 2430. The number of aliphatic hydroxyl groups excluding tert-OH is 1. The minimum atomic E-state index is -1.10. The molecule has 2 aromatic carbocycles. The molecule has 14 heteroatoms. The van der Waals surface area contributed by atoms with Crippen molar-refractivity contribution in [3.8, 4) is 11.1 Å². The number of carboxylic acid groups (broad SMARTS) is 1. The van der Waals surface area contributed by atoms with Crippen molar-refractivity contribution in [1.82, 2.24) is 30.0 Å². The summed E-state index contributed by atoms with van der Waals surface area (Å²) in [5.74, 6) is -0.762. The van der Waals surface area contributed by atoms with E-state index in [4.69, 9.17) is 14.8 Å². The highest BCUT2D eigenvalue weighted by molar-refractivity contribution is 7.22. The predicted octanol–water partition coefficient (Wildman–Crippen LogP) is 7.37. The minimum absolute atomic E-state index is 0.0141. The molecule has 0 radical (unpaired) electrons. The number of aromatic nitrogens is 4. The van der Waals surface area contributed by atoms with Crippen molar-refractivity contribution in [2.45, 2.75) is 97.1 Å². The molecular formula is C47H58N8O5S. The average molecular weight is 847 g/mol. The van der Waals surface area contributed by atoms with Crippen LogP contribution >= 0.6 is 11.3 Å². The van der Waals surface area contributed by atoms with Gasteiger partial charge in [0.25, 0.3) is 5.91 Å². The molecule has 10 rings (SSSR count). The van der Waals surface area contributed by atoms with Gasteiger partial charge in [0.1, 0.15) is 12.0 Å². The second kappa shape index (κ2) is 15.9. The van der Waals surface area contributed by atoms with Gasteiger partial charge in [-0.3, -0.25) is 19.7 Å². The number of nitrogens with zero attached hydrogens (tertiary/aromatic N) is 6. The van der Waals surface area contributed by atoms with Crippen molar-refractivity contribution in [2.24, 2.45) is 16.2 Å². The Morgan fingerprint density at radius 3 is 2.49 bits per heavy atom. The molecule has 61 heavy (non-hydrogen) atoms. The fourth-order valence-corrected chi connectivity index (χ4v) is 13.2. The molecule has 1 amide bonds. The van der Waals surface area contributed by atoms with Crippen molar-refractivity contribution in [1.29, 1.82) is 0 Å². The molecule has 3 atom stereocenters. The molecule has 13 nitrogen and oxygen atoms in total. The number of para-hydroxylation sites is 1. The zero-order valence-electron chi connectivity index (χ0n) is 36.0. The molecule has 4 heterocycles. The van der Waals surface area contributed by atoms with Crippen LogP contribution in [0.5, 0.6) is 0 Å². The number of hydrogen-bond acceptors (Lipinski definition) is 11. The normalized spacial score (nSPS) is 25.9. The van der Waals surface area contributed by atoms with Gasteiger partial charge in [0.15, 0.2) is 10.8 Å². The predicted molar refractivity (Wildman–Crippen MR) is 238 cm³/mol. The van der Waals surface area contributed by atoms with Crippen molar-refractivity contribution in [2.75, 3.05) is 50.6 Å². The number of fused-ring (bicyclic) bond motifs is 2. The van der Waals surface area contributed by atoms with Crippen LogP contribution in [0.2, 0.25) is 0 Å². The molecule has 5 aliphatic rings. The average Bonchev–Trinajstić information content (AvgIpc) is 3.78. The lowest BCUT2D eigenvalue weighted by Crippen LogP contribution is -2.64. The number of carboxylic acids is 1. The van der Waals surface area contributed by atoms with Gasteiger partial charge in [-0.2, -0.15) is 5.10 Å². The minimum Gasteiger partial charge on any atom is -0.476 e. The molecule has 4 N–H and O–H groups in total. The van der Waals surface area contributed by atoms with Gasteiger partial charge in [-0.05, 0) is 137 Å². The van der Waals surface area contributed by atoms with E-state index in [0.29, 0.717) is 54.6 Å². The second-order valence-electron chi connectivity index (χ2n) is 19.4. The first-order chi connectivity index (χ1) is 29.1. The zero-order valence-corrected chi connectivity index (χ0v) is 36.8. The summed E-state index contributed by atoms with van der Waals surface area (Å²) in [5.41, 5.74) is 5.84. The number of carbonyl (C=O) groups is 2. The van der Waals surface area contributed by atoms with E-state index >= 15 is 0 Å². The number of anilines is 2. The van der Waals surface area contributed by atoms with E-state index in [1.165, 1.54) is 17.8 Å². The number of rotatable bonds is 15. The second-order valence-corrected chi connectivity index (χ2v) is 20.5. The summed E-state index contributed by atoms with van der Waals surface area (Å²) in [7, 11) is 3.77. The van der Waals surface area contributed by atoms with E-state index in [1.807, 2.05) is 74.4 Å². The highest BCUT2D eigenvalue weighted by Crippen LogP contribution is 2.72. The number of amides is 1. The van der Waals surface area contributed by atoms with Crippen molar-refractivity contribution >= 4 is 44.4 Å². The molecule has 4 saturated carbocycles. The standard InChI is InChI=1S/C47H58N8O5S/c1-30-34(21-49-55(30)29-46-24-44(2)23-45(3,25-46)27-47(26-44,28-46)60-20-18-48-17-15-39(56)53(4)5)32-13-14-38(51-40(32)42(58)59)54-19-16-31-9-8-10-33(35(31)22-54)41(57)52-43-50-36-11-6-7-12-37(36)61-43/h6-14,21,39,48,56H,15-20,22-29H2,1-5H3,(H,58,59)(H,50,52,57). The van der Waals surface area contributed by atoms with Crippen LogP contribution in [0.3, 0.4) is 0 Å². The number of aromatic carboxylic acids is 1. The number of carbonyl (C=O) groups excluding carboxylic acids is 1. The molecule has 4 aliphatic carbocycles. The monoisotopic (exact) mass is 846 g/mol. The molecule has 3 aromatic heterocycles. The first-order valence-electron chi connectivity index (χ1n) is 21.6. The summed E-state index contributed by atoms with van der Waals surface area (Å²) in [6, 6.07) is 17.4. The summed E-state index contributed by atoms with van der Waals surface area (Å²) >= 11 is 1.44. The van der Waals surface area contributed by atoms with Crippen molar-refractivity contribution < 1.29 is 24.5 Å². The van der Waals surface area contributed by atoms with E-state index in [-0.39, 0.29) is 33.4 Å². The lowest BCUT2D eigenvalue weighted by molar-refractivity contribution is -0.247. The molecule has 5 aromatic rings. The highest BCUT2D eigenvalue weighted by Gasteiger charge is 2.66. The molecular weight excluding hydrogens is 789 g/mol. The van der Waals surface area contributed by atoms with Gasteiger partial charge in [-0.1, -0.05) is 49.4 Å². The lowest BCUT2D eigenvalue weighted by Gasteiger charge is -2.69. The summed E-state index contributed by atoms with van der Waals surface area (Å²) in [6.45, 7) is 10.9. The Morgan fingerprint density at radius 2 is 1.74 bits per heavy atom. The van der Waals surface area contributed by atoms with Crippen LogP contribution in [0, 0.1) is 23.2 Å². The molecule has 322 valence electrons. The topological polar surface area (TPSA) is 158 Å². The third kappa shape index (κ3) is 8.20. The number of aliphatic hydroxyl groups is 1. The number of hydrogen-bond donors (Lipinski definition) is 4. The molecule has 0 saturated heterocycles. The van der Waals surface area contributed by atoms with Crippen molar-refractivity contribution in [3.05, 3.63) is 88.9 Å². The van der Waals surface area contributed by atoms with Crippen LogP contribution < -0.4 is 15.5 Å². The van der Waals surface area contributed by atoms with Gasteiger partial charge in [0, 0.05) is 48.6 Å². The SMILES string of the molecule is Cc1c(-c2ccc(N3CCc4cccc(C(=O)Nc5nc6ccccc6s5)c4C3)nc2C(=O)O)cnn1CC12CC3(C)CC(C)(C1)CC(OCCNCCC(O)N(C)C)(C3)C2. The fourth-order valence-electron chi connectivity index (χ4n) is 12.4. The Morgan fingerprint density at radius 1 is 0.951 bits per heavy atom. The van der Waals surface area contributed by atoms with Gasteiger partial charge in [-0.25, -0.2) is 14.8 Å². The lowest BCUT2D eigenvalue weighted by atomic mass is 9.39. The Balaban J connectivity index is 0.912. The van der Waals surface area contributed by atoms with Crippen LogP contribution in [0.25, 0.3) is 21.3 Å². The van der Waals surface area contributed by atoms with E-state index in [1.54, 1.807) is 6.20 Å². The zero-order chi connectivity index (χ0) is 42.7. The quantitative estimate of drug-likeness (QED) is 0.0616. The maximum absolute atomic E-state index is 13.7. The number of pyridine rings is 1. The number of benzene rings is 2. The van der Waals surface area contributed by atoms with Gasteiger partial charge < -0.3 is 25.2 Å². The number of ether oxygens (including phenoxy) is 1. The first kappa shape index (κ1) is 41.6.